The van der Waals surface area contributed by atoms with Gasteiger partial charge >= 0.3 is 12.1 Å². The summed E-state index contributed by atoms with van der Waals surface area (Å²) in [5.41, 5.74) is -1.38. The molecule has 220 valence electrons. The number of nitrogens with one attached hydrogen (secondary N) is 1. The standard InChI is InChI=1S/C30H59NO6/c1-11-14-20-30(10,13-3)36-24(32)18-16-15-17-19-28(7,8)37-26(34)31-21-22-35-25(33)29(9,12-2)23-27(4,5)6/h24,32H,11-23H2,1-10H3,(H,31,34). The largest absolute Gasteiger partial charge is 0.463 e. The SMILES string of the molecule is CCCCC(C)(CC)OC(O)CCCCCC(C)(C)OC(=O)NCCOC(=O)C(C)(CC)CC(C)(C)C. The minimum Gasteiger partial charge on any atom is -0.463 e. The number of hydrogen-bond donors (Lipinski definition) is 2. The van der Waals surface area contributed by atoms with Gasteiger partial charge < -0.3 is 24.6 Å². The third-order valence-corrected chi connectivity index (χ3v) is 7.12. The van der Waals surface area contributed by atoms with Crippen LogP contribution in [0, 0.1) is 10.8 Å². The predicted octanol–water partition coefficient (Wildman–Crippen LogP) is 7.53. The minimum absolute atomic E-state index is 0.0235. The molecule has 37 heavy (non-hydrogen) atoms. The number of carbonyl (C=O) groups excluding carboxylic acids is 2. The Balaban J connectivity index is 4.23. The van der Waals surface area contributed by atoms with Crippen molar-refractivity contribution in [2.24, 2.45) is 10.8 Å². The Bertz CT molecular complexity index is 659. The molecule has 0 fully saturated rings. The Labute approximate surface area is 227 Å². The van der Waals surface area contributed by atoms with Gasteiger partial charge in [-0.2, -0.15) is 0 Å². The van der Waals surface area contributed by atoms with Crippen LogP contribution in [0.4, 0.5) is 4.79 Å². The van der Waals surface area contributed by atoms with E-state index < -0.39 is 23.4 Å². The van der Waals surface area contributed by atoms with Crippen LogP contribution in [0.25, 0.3) is 0 Å². The van der Waals surface area contributed by atoms with Crippen LogP contribution in [0.3, 0.4) is 0 Å². The molecule has 0 aromatic rings. The second-order valence-electron chi connectivity index (χ2n) is 12.9. The fourth-order valence-corrected chi connectivity index (χ4v) is 4.62. The molecule has 1 amide bonds. The molecule has 0 aliphatic rings. The van der Waals surface area contributed by atoms with Crippen molar-refractivity contribution >= 4 is 12.1 Å². The van der Waals surface area contributed by atoms with E-state index in [1.165, 1.54) is 0 Å². The number of aliphatic hydroxyl groups is 1. The Morgan fingerprint density at radius 2 is 1.51 bits per heavy atom. The molecule has 0 bridgehead atoms. The van der Waals surface area contributed by atoms with E-state index in [2.05, 4.69) is 46.9 Å². The van der Waals surface area contributed by atoms with Crippen molar-refractivity contribution in [3.8, 4) is 0 Å². The molecule has 0 rings (SSSR count). The summed E-state index contributed by atoms with van der Waals surface area (Å²) in [5.74, 6) is -0.226. The predicted molar refractivity (Wildman–Crippen MR) is 150 cm³/mol. The van der Waals surface area contributed by atoms with Gasteiger partial charge in [0, 0.05) is 0 Å². The number of esters is 1. The first-order chi connectivity index (χ1) is 17.0. The lowest BCUT2D eigenvalue weighted by atomic mass is 9.73. The number of amides is 1. The summed E-state index contributed by atoms with van der Waals surface area (Å²) in [7, 11) is 0. The first-order valence-corrected chi connectivity index (χ1v) is 14.5. The van der Waals surface area contributed by atoms with Crippen molar-refractivity contribution in [1.82, 2.24) is 5.32 Å². The van der Waals surface area contributed by atoms with Crippen LogP contribution in [0.2, 0.25) is 0 Å². The van der Waals surface area contributed by atoms with Crippen molar-refractivity contribution < 1.29 is 28.9 Å². The lowest BCUT2D eigenvalue weighted by Gasteiger charge is -2.32. The molecule has 0 heterocycles. The van der Waals surface area contributed by atoms with E-state index in [9.17, 15) is 14.7 Å². The molecule has 0 aliphatic carbocycles. The lowest BCUT2D eigenvalue weighted by molar-refractivity contribution is -0.186. The van der Waals surface area contributed by atoms with Gasteiger partial charge in [0.05, 0.1) is 17.6 Å². The molecule has 0 spiro atoms. The zero-order valence-electron chi connectivity index (χ0n) is 25.8. The summed E-state index contributed by atoms with van der Waals surface area (Å²) in [4.78, 5) is 24.8. The smallest absolute Gasteiger partial charge is 0.407 e. The molecule has 0 saturated heterocycles. The Kier molecular flexibility index (Phi) is 16.0. The van der Waals surface area contributed by atoms with E-state index in [1.807, 2.05) is 27.7 Å². The molecule has 7 nitrogen and oxygen atoms in total. The van der Waals surface area contributed by atoms with Crippen LogP contribution in [-0.4, -0.2) is 47.8 Å². The summed E-state index contributed by atoms with van der Waals surface area (Å²) in [5, 5.41) is 13.0. The molecule has 0 aromatic carbocycles. The van der Waals surface area contributed by atoms with Gasteiger partial charge in [-0.05, 0) is 84.5 Å². The molecule has 3 unspecified atom stereocenters. The molecule has 0 aromatic heterocycles. The third kappa shape index (κ3) is 16.3. The maximum absolute atomic E-state index is 12.6. The fraction of sp³-hybridized carbons (Fsp3) is 0.933. The number of rotatable bonds is 19. The highest BCUT2D eigenvalue weighted by atomic mass is 16.6. The second-order valence-corrected chi connectivity index (χ2v) is 12.9. The lowest BCUT2D eigenvalue weighted by Crippen LogP contribution is -2.38. The van der Waals surface area contributed by atoms with Gasteiger partial charge in [-0.1, -0.05) is 60.8 Å². The van der Waals surface area contributed by atoms with Gasteiger partial charge in [0.15, 0.2) is 6.29 Å². The number of ether oxygens (including phenoxy) is 3. The first-order valence-electron chi connectivity index (χ1n) is 14.5. The summed E-state index contributed by atoms with van der Waals surface area (Å²) in [6, 6.07) is 0. The van der Waals surface area contributed by atoms with Crippen LogP contribution in [-0.2, 0) is 19.0 Å². The van der Waals surface area contributed by atoms with Gasteiger partial charge in [-0.3, -0.25) is 4.79 Å². The average molecular weight is 530 g/mol. The zero-order chi connectivity index (χ0) is 28.8. The zero-order valence-corrected chi connectivity index (χ0v) is 25.8. The Morgan fingerprint density at radius 1 is 0.865 bits per heavy atom. The van der Waals surface area contributed by atoms with Crippen molar-refractivity contribution in [2.75, 3.05) is 13.2 Å². The maximum Gasteiger partial charge on any atom is 0.407 e. The van der Waals surface area contributed by atoms with Crippen LogP contribution < -0.4 is 5.32 Å². The Hall–Kier alpha value is -1.34. The van der Waals surface area contributed by atoms with Crippen LogP contribution in [0.15, 0.2) is 0 Å². The molecule has 3 atom stereocenters. The normalized spacial score (nSPS) is 16.4. The topological polar surface area (TPSA) is 94.1 Å². The highest BCUT2D eigenvalue weighted by Gasteiger charge is 2.37. The number of alkyl carbamates (subject to hydrolysis) is 1. The number of unbranched alkanes of at least 4 members (excludes halogenated alkanes) is 3. The van der Waals surface area contributed by atoms with Gasteiger partial charge in [-0.25, -0.2) is 4.79 Å². The number of hydrogen-bond acceptors (Lipinski definition) is 6. The van der Waals surface area contributed by atoms with E-state index in [0.717, 1.165) is 57.8 Å². The molecule has 0 radical (unpaired) electrons. The van der Waals surface area contributed by atoms with Gasteiger partial charge in [-0.15, -0.1) is 0 Å². The molecular formula is C30H59NO6. The fourth-order valence-electron chi connectivity index (χ4n) is 4.62. The van der Waals surface area contributed by atoms with Crippen molar-refractivity contribution in [1.29, 1.82) is 0 Å². The number of carbonyl (C=O) groups is 2. The van der Waals surface area contributed by atoms with Crippen molar-refractivity contribution in [3.63, 3.8) is 0 Å². The van der Waals surface area contributed by atoms with E-state index in [0.29, 0.717) is 12.8 Å². The highest BCUT2D eigenvalue weighted by Crippen LogP contribution is 2.37. The monoisotopic (exact) mass is 529 g/mol. The Morgan fingerprint density at radius 3 is 2.05 bits per heavy atom. The minimum atomic E-state index is -0.741. The van der Waals surface area contributed by atoms with Gasteiger partial charge in [0.2, 0.25) is 0 Å². The van der Waals surface area contributed by atoms with Crippen molar-refractivity contribution in [3.05, 3.63) is 0 Å². The van der Waals surface area contributed by atoms with E-state index >= 15 is 0 Å². The van der Waals surface area contributed by atoms with E-state index in [-0.39, 0.29) is 30.1 Å². The first kappa shape index (κ1) is 35.7. The maximum atomic E-state index is 12.6. The quantitative estimate of drug-likeness (QED) is 0.102. The van der Waals surface area contributed by atoms with Crippen molar-refractivity contribution in [2.45, 2.75) is 157 Å². The second kappa shape index (κ2) is 16.6. The van der Waals surface area contributed by atoms with Crippen LogP contribution in [0.5, 0.6) is 0 Å². The van der Waals surface area contributed by atoms with Gasteiger partial charge in [0.25, 0.3) is 0 Å². The van der Waals surface area contributed by atoms with Gasteiger partial charge in [0.1, 0.15) is 12.2 Å². The average Bonchev–Trinajstić information content (AvgIpc) is 2.78. The summed E-state index contributed by atoms with van der Waals surface area (Å²) in [6.07, 6.45) is 8.24. The summed E-state index contributed by atoms with van der Waals surface area (Å²) >= 11 is 0. The summed E-state index contributed by atoms with van der Waals surface area (Å²) < 4.78 is 17.0. The van der Waals surface area contributed by atoms with E-state index in [4.69, 9.17) is 14.2 Å². The highest BCUT2D eigenvalue weighted by molar-refractivity contribution is 5.76. The molecule has 0 saturated carbocycles. The molecular weight excluding hydrogens is 470 g/mol. The summed E-state index contributed by atoms with van der Waals surface area (Å²) in [6.45, 7) is 20.7. The molecule has 0 aliphatic heterocycles. The van der Waals surface area contributed by atoms with Crippen LogP contribution in [0.1, 0.15) is 140 Å². The molecule has 2 N–H and O–H groups in total. The van der Waals surface area contributed by atoms with Crippen LogP contribution >= 0.6 is 0 Å². The third-order valence-electron chi connectivity index (χ3n) is 7.12. The molecule has 7 heteroatoms. The van der Waals surface area contributed by atoms with E-state index in [1.54, 1.807) is 0 Å². The number of aliphatic hydroxyl groups excluding tert-OH is 1.